The molecule has 3 heterocycles. The van der Waals surface area contributed by atoms with Crippen LogP contribution in [0, 0.1) is 0 Å². The van der Waals surface area contributed by atoms with E-state index in [1.807, 2.05) is 0 Å². The lowest BCUT2D eigenvalue weighted by Gasteiger charge is -2.00. The first kappa shape index (κ1) is 3.77. The van der Waals surface area contributed by atoms with Crippen LogP contribution < -0.4 is 4.74 Å². The first-order valence-corrected chi connectivity index (χ1v) is 2.99. The van der Waals surface area contributed by atoms with Gasteiger partial charge in [-0.2, -0.15) is 0 Å². The Kier molecular flexibility index (Phi) is 0.387. The van der Waals surface area contributed by atoms with E-state index in [9.17, 15) is 0 Å². The highest BCUT2D eigenvalue weighted by Crippen LogP contribution is 2.34. The monoisotopic (exact) mass is 119 g/mol. The minimum absolute atomic E-state index is 0.726. The van der Waals surface area contributed by atoms with Crippen molar-refractivity contribution in [3.05, 3.63) is 18.2 Å². The van der Waals surface area contributed by atoms with Crippen molar-refractivity contribution >= 4 is 11.0 Å². The van der Waals surface area contributed by atoms with E-state index in [0.717, 1.165) is 12.5 Å². The van der Waals surface area contributed by atoms with Gasteiger partial charge in [0.15, 0.2) is 6.73 Å². The Hall–Kier alpha value is -1.18. The Balaban J connectivity index is 2.73. The Morgan fingerprint density at radius 1 is 1.44 bits per heavy atom. The van der Waals surface area contributed by atoms with Gasteiger partial charge >= 0.3 is 0 Å². The minimum Gasteiger partial charge on any atom is -0.470 e. The average Bonchev–Trinajstić information content (AvgIpc) is 2.50. The van der Waals surface area contributed by atoms with Gasteiger partial charge in [-0.3, -0.25) is 0 Å². The van der Waals surface area contributed by atoms with Crippen LogP contribution in [0.1, 0.15) is 0 Å². The first-order valence-electron chi connectivity index (χ1n) is 2.99. The summed E-state index contributed by atoms with van der Waals surface area (Å²) in [6.07, 6.45) is 0. The summed E-state index contributed by atoms with van der Waals surface area (Å²) in [4.78, 5) is 0. The van der Waals surface area contributed by atoms with Crippen LogP contribution >= 0.6 is 0 Å². The number of hydrogen-bond acceptors (Lipinski definition) is 1. The predicted molar refractivity (Wildman–Crippen MR) is 33.8 cm³/mol. The second-order valence-corrected chi connectivity index (χ2v) is 2.35. The van der Waals surface area contributed by atoms with Crippen LogP contribution in [0.4, 0.5) is 0 Å². The molecule has 1 aliphatic rings. The predicted octanol–water partition coefficient (Wildman–Crippen LogP) is 1.43. The summed E-state index contributed by atoms with van der Waals surface area (Å²) in [5.74, 6) is 1.05. The summed E-state index contributed by atoms with van der Waals surface area (Å²) in [5.41, 5.74) is 2.52. The smallest absolute Gasteiger partial charge is 0.165 e. The molecule has 0 radical (unpaired) electrons. The lowest BCUT2D eigenvalue weighted by atomic mass is 10.3. The molecule has 2 aromatic rings. The zero-order chi connectivity index (χ0) is 5.84. The zero-order valence-corrected chi connectivity index (χ0v) is 4.79. The summed E-state index contributed by atoms with van der Waals surface area (Å²) in [6.45, 7) is 0.726. The van der Waals surface area contributed by atoms with Gasteiger partial charge in [0.1, 0.15) is 5.75 Å². The van der Waals surface area contributed by atoms with Crippen LogP contribution in [0.15, 0.2) is 18.2 Å². The van der Waals surface area contributed by atoms with Crippen LogP contribution in [0.5, 0.6) is 5.75 Å². The fourth-order valence-corrected chi connectivity index (χ4v) is 1.43. The standard InChI is InChI=1S/C7H5NO/c1-2-6-7-3-5(1)8(6)4-9-7/h1-3H,4H2. The van der Waals surface area contributed by atoms with E-state index < -0.39 is 0 Å². The van der Waals surface area contributed by atoms with Crippen LogP contribution in [-0.4, -0.2) is 4.57 Å². The molecular weight excluding hydrogens is 114 g/mol. The Morgan fingerprint density at radius 2 is 2.44 bits per heavy atom. The number of nitrogens with zero attached hydrogens (tertiary/aromatic N) is 1. The SMILES string of the molecule is c1cc2c3cc1n2CO3. The van der Waals surface area contributed by atoms with Gasteiger partial charge in [-0.1, -0.05) is 0 Å². The van der Waals surface area contributed by atoms with Crippen molar-refractivity contribution in [3.8, 4) is 5.75 Å². The van der Waals surface area contributed by atoms with Crippen molar-refractivity contribution in [3.63, 3.8) is 0 Å². The molecule has 0 N–H and O–H groups in total. The number of ether oxygens (including phenoxy) is 1. The second-order valence-electron chi connectivity index (χ2n) is 2.35. The number of aromatic nitrogens is 1. The molecule has 2 heteroatoms. The third kappa shape index (κ3) is 0.257. The second kappa shape index (κ2) is 0.923. The van der Waals surface area contributed by atoms with Crippen LogP contribution in [0.3, 0.4) is 0 Å². The lowest BCUT2D eigenvalue weighted by molar-refractivity contribution is 0.268. The molecule has 0 saturated heterocycles. The highest BCUT2D eigenvalue weighted by Gasteiger charge is 2.17. The van der Waals surface area contributed by atoms with Crippen LogP contribution in [0.25, 0.3) is 11.0 Å². The molecule has 0 aliphatic carbocycles. The quantitative estimate of drug-likeness (QED) is 0.511. The molecular formula is C7H5NO. The third-order valence-electron chi connectivity index (χ3n) is 1.90. The van der Waals surface area contributed by atoms with E-state index in [-0.39, 0.29) is 0 Å². The summed E-state index contributed by atoms with van der Waals surface area (Å²) in [5, 5.41) is 0. The molecule has 2 aromatic heterocycles. The number of rotatable bonds is 0. The maximum atomic E-state index is 5.26. The van der Waals surface area contributed by atoms with Crippen LogP contribution in [-0.2, 0) is 6.73 Å². The molecule has 44 valence electrons. The highest BCUT2D eigenvalue weighted by atomic mass is 16.5. The largest absolute Gasteiger partial charge is 0.470 e. The van der Waals surface area contributed by atoms with Gasteiger partial charge in [0.25, 0.3) is 0 Å². The van der Waals surface area contributed by atoms with Crippen molar-refractivity contribution in [1.29, 1.82) is 0 Å². The Morgan fingerprint density at radius 3 is 3.00 bits per heavy atom. The number of benzene rings is 1. The first-order chi connectivity index (χ1) is 4.45. The minimum atomic E-state index is 0.726. The fraction of sp³-hybridized carbons (Fsp3) is 0.143. The van der Waals surface area contributed by atoms with Crippen molar-refractivity contribution in [1.82, 2.24) is 4.57 Å². The third-order valence-corrected chi connectivity index (χ3v) is 1.90. The van der Waals surface area contributed by atoms with Crippen molar-refractivity contribution < 1.29 is 4.74 Å². The molecule has 9 heavy (non-hydrogen) atoms. The zero-order valence-electron chi connectivity index (χ0n) is 4.79. The molecule has 1 aliphatic heterocycles. The number of hydrogen-bond donors (Lipinski definition) is 0. The molecule has 0 fully saturated rings. The van der Waals surface area contributed by atoms with Gasteiger partial charge in [-0.25, -0.2) is 0 Å². The van der Waals surface area contributed by atoms with Gasteiger partial charge < -0.3 is 9.30 Å². The van der Waals surface area contributed by atoms with Gasteiger partial charge in [0.05, 0.1) is 5.52 Å². The van der Waals surface area contributed by atoms with Gasteiger partial charge in [-0.05, 0) is 12.1 Å². The fourth-order valence-electron chi connectivity index (χ4n) is 1.43. The average molecular weight is 119 g/mol. The topological polar surface area (TPSA) is 14.2 Å². The van der Waals surface area contributed by atoms with Crippen molar-refractivity contribution in [2.45, 2.75) is 6.73 Å². The van der Waals surface area contributed by atoms with E-state index in [1.54, 1.807) is 0 Å². The molecule has 0 saturated carbocycles. The molecule has 0 spiro atoms. The molecule has 0 unspecified atom stereocenters. The molecule has 4 bridgehead atoms. The van der Waals surface area contributed by atoms with E-state index in [4.69, 9.17) is 4.74 Å². The van der Waals surface area contributed by atoms with E-state index >= 15 is 0 Å². The molecule has 3 rings (SSSR count). The van der Waals surface area contributed by atoms with Crippen LogP contribution in [0.2, 0.25) is 0 Å². The van der Waals surface area contributed by atoms with Gasteiger partial charge in [0.2, 0.25) is 0 Å². The van der Waals surface area contributed by atoms with E-state index in [0.29, 0.717) is 0 Å². The van der Waals surface area contributed by atoms with Gasteiger partial charge in [0, 0.05) is 11.6 Å². The molecule has 2 nitrogen and oxygen atoms in total. The van der Waals surface area contributed by atoms with E-state index in [2.05, 4.69) is 22.8 Å². The molecule has 0 amide bonds. The molecule has 0 aromatic carbocycles. The Labute approximate surface area is 52.0 Å². The normalized spacial score (nSPS) is 15.1. The summed E-state index contributed by atoms with van der Waals surface area (Å²) in [6, 6.07) is 6.28. The van der Waals surface area contributed by atoms with Crippen molar-refractivity contribution in [2.75, 3.05) is 0 Å². The van der Waals surface area contributed by atoms with E-state index in [1.165, 1.54) is 11.0 Å². The van der Waals surface area contributed by atoms with Crippen molar-refractivity contribution in [2.24, 2.45) is 0 Å². The molecule has 0 atom stereocenters. The lowest BCUT2D eigenvalue weighted by Crippen LogP contribution is -1.97. The Bertz CT molecular complexity index is 350. The highest BCUT2D eigenvalue weighted by molar-refractivity contribution is 5.77. The maximum absolute atomic E-state index is 5.26. The van der Waals surface area contributed by atoms with Gasteiger partial charge in [-0.15, -0.1) is 0 Å². The summed E-state index contributed by atoms with van der Waals surface area (Å²) in [7, 11) is 0. The summed E-state index contributed by atoms with van der Waals surface area (Å²) < 4.78 is 7.43. The summed E-state index contributed by atoms with van der Waals surface area (Å²) >= 11 is 0. The maximum Gasteiger partial charge on any atom is 0.165 e.